The number of fused-ring (bicyclic) bond motifs is 5. The van der Waals surface area contributed by atoms with Crippen molar-refractivity contribution in [1.82, 2.24) is 4.90 Å². The molecule has 5 rings (SSSR count). The number of hydrogen-bond acceptors (Lipinski definition) is 6. The first kappa shape index (κ1) is 21.1. The van der Waals surface area contributed by atoms with Crippen LogP contribution in [0.4, 0.5) is 11.4 Å². The Labute approximate surface area is 190 Å². The van der Waals surface area contributed by atoms with E-state index in [9.17, 15) is 24.5 Å². The second kappa shape index (κ2) is 7.10. The lowest BCUT2D eigenvalue weighted by Gasteiger charge is -2.37. The Balaban J connectivity index is 1.63. The minimum Gasteiger partial charge on any atom is -0.359 e. The van der Waals surface area contributed by atoms with Crippen LogP contribution in [-0.4, -0.2) is 33.5 Å². The third-order valence-electron chi connectivity index (χ3n) is 6.79. The zero-order chi connectivity index (χ0) is 23.7. The number of ketones is 1. The van der Waals surface area contributed by atoms with Gasteiger partial charge in [0, 0.05) is 23.7 Å². The first-order valence-corrected chi connectivity index (χ1v) is 10.8. The van der Waals surface area contributed by atoms with E-state index in [-0.39, 0.29) is 23.1 Å². The number of nitro benzene ring substituents is 1. The Morgan fingerprint density at radius 2 is 1.61 bits per heavy atom. The Morgan fingerprint density at radius 3 is 2.24 bits per heavy atom. The molecule has 3 heterocycles. The van der Waals surface area contributed by atoms with Gasteiger partial charge in [0.25, 0.3) is 5.69 Å². The molecule has 0 radical (unpaired) electrons. The SMILES string of the molecule is CC(C)(C)C(=O)[C@@H]1[C@@H]2C(=O)N(c3ccc([N+](=O)[O-])cc3)C(=O)[C@H]2[C@@H]2c3ccccc3C=CN12. The number of carbonyl (C=O) groups excluding carboxylic acids is 3. The molecular formula is C25H23N3O5. The van der Waals surface area contributed by atoms with Crippen molar-refractivity contribution in [3.05, 3.63) is 76.0 Å². The molecular weight excluding hydrogens is 422 g/mol. The van der Waals surface area contributed by atoms with Crippen molar-refractivity contribution in [2.45, 2.75) is 32.9 Å². The molecule has 8 nitrogen and oxygen atoms in total. The van der Waals surface area contributed by atoms with Crippen molar-refractivity contribution >= 4 is 35.0 Å². The molecule has 0 spiro atoms. The quantitative estimate of drug-likeness (QED) is 0.405. The number of non-ortho nitro benzene ring substituents is 1. The highest BCUT2D eigenvalue weighted by Crippen LogP contribution is 2.54. The summed E-state index contributed by atoms with van der Waals surface area (Å²) in [5.74, 6) is -2.49. The van der Waals surface area contributed by atoms with Crippen molar-refractivity contribution in [1.29, 1.82) is 0 Å². The molecule has 2 amide bonds. The number of rotatable bonds is 3. The first-order valence-electron chi connectivity index (χ1n) is 10.8. The van der Waals surface area contributed by atoms with E-state index in [0.717, 1.165) is 16.0 Å². The highest BCUT2D eigenvalue weighted by molar-refractivity contribution is 6.24. The van der Waals surface area contributed by atoms with Crippen LogP contribution in [0.3, 0.4) is 0 Å². The summed E-state index contributed by atoms with van der Waals surface area (Å²) in [4.78, 5) is 54.4. The van der Waals surface area contributed by atoms with Crippen LogP contribution >= 0.6 is 0 Å². The van der Waals surface area contributed by atoms with Gasteiger partial charge in [0.15, 0.2) is 5.78 Å². The molecule has 0 N–H and O–H groups in total. The monoisotopic (exact) mass is 445 g/mol. The topological polar surface area (TPSA) is 101 Å². The summed E-state index contributed by atoms with van der Waals surface area (Å²) in [6.07, 6.45) is 3.75. The maximum atomic E-state index is 13.7. The Bertz CT molecular complexity index is 1230. The van der Waals surface area contributed by atoms with Gasteiger partial charge in [-0.15, -0.1) is 0 Å². The van der Waals surface area contributed by atoms with Gasteiger partial charge in [-0.25, -0.2) is 4.90 Å². The van der Waals surface area contributed by atoms with E-state index in [1.165, 1.54) is 24.3 Å². The second-order valence-corrected chi connectivity index (χ2v) is 9.73. The standard InChI is InChI=1S/C25H23N3O5/c1-25(2,3)22(29)21-19-18(20-17-7-5-4-6-14(17)12-13-26(20)21)23(30)27(24(19)31)15-8-10-16(11-9-15)28(32)33/h4-13,18-21H,1-3H3/t18-,19-,20+,21+/m1/s1. The van der Waals surface area contributed by atoms with E-state index >= 15 is 0 Å². The predicted octanol–water partition coefficient (Wildman–Crippen LogP) is 3.73. The number of Topliss-reactive ketones (excluding diaryl/α,β-unsaturated/α-hetero) is 1. The first-order chi connectivity index (χ1) is 15.6. The molecule has 0 saturated carbocycles. The van der Waals surface area contributed by atoms with Gasteiger partial charge in [-0.1, -0.05) is 45.0 Å². The molecule has 2 saturated heterocycles. The van der Waals surface area contributed by atoms with Crippen molar-refractivity contribution in [2.24, 2.45) is 17.3 Å². The van der Waals surface area contributed by atoms with E-state index < -0.39 is 40.2 Å². The third kappa shape index (κ3) is 3.01. The molecule has 2 aromatic carbocycles. The molecule has 168 valence electrons. The summed E-state index contributed by atoms with van der Waals surface area (Å²) in [5, 5.41) is 11.0. The summed E-state index contributed by atoms with van der Waals surface area (Å²) >= 11 is 0. The third-order valence-corrected chi connectivity index (χ3v) is 6.79. The van der Waals surface area contributed by atoms with Gasteiger partial charge in [0.1, 0.15) is 6.04 Å². The van der Waals surface area contributed by atoms with Gasteiger partial charge in [-0.2, -0.15) is 0 Å². The number of amides is 2. The normalized spacial score (nSPS) is 25.7. The van der Waals surface area contributed by atoms with Crippen LogP contribution in [-0.2, 0) is 14.4 Å². The summed E-state index contributed by atoms with van der Waals surface area (Å²) < 4.78 is 0. The van der Waals surface area contributed by atoms with Crippen LogP contribution in [0, 0.1) is 27.4 Å². The molecule has 0 bridgehead atoms. The number of anilines is 1. The maximum Gasteiger partial charge on any atom is 0.269 e. The van der Waals surface area contributed by atoms with Crippen LogP contribution in [0.2, 0.25) is 0 Å². The predicted molar refractivity (Wildman–Crippen MR) is 121 cm³/mol. The molecule has 2 fully saturated rings. The summed E-state index contributed by atoms with van der Waals surface area (Å²) in [7, 11) is 0. The van der Waals surface area contributed by atoms with Gasteiger partial charge >= 0.3 is 0 Å². The van der Waals surface area contributed by atoms with Crippen molar-refractivity contribution in [3.63, 3.8) is 0 Å². The molecule has 3 aliphatic heterocycles. The largest absolute Gasteiger partial charge is 0.359 e. The van der Waals surface area contributed by atoms with E-state index in [1.807, 2.05) is 62.2 Å². The molecule has 2 aromatic rings. The highest BCUT2D eigenvalue weighted by Gasteiger charge is 2.65. The van der Waals surface area contributed by atoms with Gasteiger partial charge in [-0.05, 0) is 29.3 Å². The average Bonchev–Trinajstić information content (AvgIpc) is 3.25. The zero-order valence-corrected chi connectivity index (χ0v) is 18.5. The molecule has 0 aromatic heterocycles. The molecule has 8 heteroatoms. The fourth-order valence-electron chi connectivity index (χ4n) is 5.28. The fourth-order valence-corrected chi connectivity index (χ4v) is 5.28. The number of carbonyl (C=O) groups is 3. The van der Waals surface area contributed by atoms with E-state index in [4.69, 9.17) is 0 Å². The van der Waals surface area contributed by atoms with Crippen LogP contribution in [0.15, 0.2) is 54.7 Å². The lowest BCUT2D eigenvalue weighted by molar-refractivity contribution is -0.384. The number of nitro groups is 1. The Kier molecular flexibility index (Phi) is 4.53. The van der Waals surface area contributed by atoms with Crippen LogP contribution < -0.4 is 4.90 Å². The lowest BCUT2D eigenvalue weighted by atomic mass is 9.79. The van der Waals surface area contributed by atoms with Crippen molar-refractivity contribution in [3.8, 4) is 0 Å². The molecule has 0 unspecified atom stereocenters. The lowest BCUT2D eigenvalue weighted by Crippen LogP contribution is -2.47. The van der Waals surface area contributed by atoms with Gasteiger partial charge < -0.3 is 4.90 Å². The second-order valence-electron chi connectivity index (χ2n) is 9.73. The average molecular weight is 445 g/mol. The van der Waals surface area contributed by atoms with E-state index in [0.29, 0.717) is 0 Å². The molecule has 3 aliphatic rings. The maximum absolute atomic E-state index is 13.7. The number of nitrogens with zero attached hydrogens (tertiary/aromatic N) is 3. The minimum atomic E-state index is -0.833. The number of benzene rings is 2. The Morgan fingerprint density at radius 1 is 0.970 bits per heavy atom. The zero-order valence-electron chi connectivity index (χ0n) is 18.5. The van der Waals surface area contributed by atoms with Crippen LogP contribution in [0.5, 0.6) is 0 Å². The van der Waals surface area contributed by atoms with Gasteiger partial charge in [0.2, 0.25) is 11.8 Å². The molecule has 0 aliphatic carbocycles. The van der Waals surface area contributed by atoms with Gasteiger partial charge in [0.05, 0.1) is 28.5 Å². The fraction of sp³-hybridized carbons (Fsp3) is 0.320. The summed E-state index contributed by atoms with van der Waals surface area (Å²) in [5.41, 5.74) is 1.30. The highest BCUT2D eigenvalue weighted by atomic mass is 16.6. The van der Waals surface area contributed by atoms with Crippen LogP contribution in [0.1, 0.15) is 37.9 Å². The minimum absolute atomic E-state index is 0.101. The van der Waals surface area contributed by atoms with Gasteiger partial charge in [-0.3, -0.25) is 24.5 Å². The van der Waals surface area contributed by atoms with Crippen molar-refractivity contribution in [2.75, 3.05) is 4.90 Å². The van der Waals surface area contributed by atoms with E-state index in [1.54, 1.807) is 0 Å². The van der Waals surface area contributed by atoms with Crippen molar-refractivity contribution < 1.29 is 19.3 Å². The number of hydrogen-bond donors (Lipinski definition) is 0. The molecule has 4 atom stereocenters. The summed E-state index contributed by atoms with van der Waals surface area (Å²) in [6.45, 7) is 5.44. The van der Waals surface area contributed by atoms with Crippen LogP contribution in [0.25, 0.3) is 6.08 Å². The number of imide groups is 1. The molecule has 33 heavy (non-hydrogen) atoms. The Hall–Kier alpha value is -3.81. The van der Waals surface area contributed by atoms with E-state index in [2.05, 4.69) is 0 Å². The smallest absolute Gasteiger partial charge is 0.269 e. The summed E-state index contributed by atoms with van der Waals surface area (Å²) in [6, 6.07) is 11.8.